The van der Waals surface area contributed by atoms with Crippen LogP contribution in [-0.4, -0.2) is 11.8 Å². The Morgan fingerprint density at radius 3 is 2.31 bits per heavy atom. The highest BCUT2D eigenvalue weighted by molar-refractivity contribution is 6.34. The lowest BCUT2D eigenvalue weighted by atomic mass is 9.84. The van der Waals surface area contributed by atoms with E-state index in [9.17, 15) is 9.59 Å². The maximum atomic E-state index is 12.5. The number of carbonyl (C=O) groups is 2. The Morgan fingerprint density at radius 1 is 0.962 bits per heavy atom. The molecule has 5 heteroatoms. The Bertz CT molecular complexity index is 796. The fraction of sp³-hybridized carbons (Fsp3) is 0.333. The minimum atomic E-state index is -0.220. The molecule has 1 saturated carbocycles. The van der Waals surface area contributed by atoms with Crippen LogP contribution in [0.2, 0.25) is 5.02 Å². The van der Waals surface area contributed by atoms with E-state index in [0.717, 1.165) is 0 Å². The van der Waals surface area contributed by atoms with Gasteiger partial charge >= 0.3 is 0 Å². The van der Waals surface area contributed by atoms with E-state index in [0.29, 0.717) is 27.9 Å². The minimum Gasteiger partial charge on any atom is -0.326 e. The highest BCUT2D eigenvalue weighted by Gasteiger charge is 2.16. The summed E-state index contributed by atoms with van der Waals surface area (Å²) in [6.07, 6.45) is 6.37. The number of benzene rings is 2. The quantitative estimate of drug-likeness (QED) is 0.736. The van der Waals surface area contributed by atoms with Gasteiger partial charge in [0.05, 0.1) is 10.7 Å². The van der Waals surface area contributed by atoms with Crippen molar-refractivity contribution < 1.29 is 9.59 Å². The van der Waals surface area contributed by atoms with E-state index in [1.165, 1.54) is 44.6 Å². The Balaban J connectivity index is 1.70. The van der Waals surface area contributed by atoms with Gasteiger partial charge in [-0.3, -0.25) is 9.59 Å². The zero-order chi connectivity index (χ0) is 18.5. The zero-order valence-corrected chi connectivity index (χ0v) is 15.6. The summed E-state index contributed by atoms with van der Waals surface area (Å²) in [5.41, 5.74) is 2.96. The fourth-order valence-corrected chi connectivity index (χ4v) is 3.60. The van der Waals surface area contributed by atoms with Crippen LogP contribution in [0, 0.1) is 0 Å². The summed E-state index contributed by atoms with van der Waals surface area (Å²) in [6.45, 7) is 1.43. The van der Waals surface area contributed by atoms with Crippen molar-refractivity contribution in [2.45, 2.75) is 44.9 Å². The highest BCUT2D eigenvalue weighted by atomic mass is 35.5. The summed E-state index contributed by atoms with van der Waals surface area (Å²) in [5.74, 6) is 0.217. The number of nitrogens with one attached hydrogen (secondary N) is 2. The molecule has 2 amide bonds. The van der Waals surface area contributed by atoms with Gasteiger partial charge in [0.15, 0.2) is 0 Å². The first-order valence-corrected chi connectivity index (χ1v) is 9.39. The van der Waals surface area contributed by atoms with Crippen molar-refractivity contribution >= 4 is 34.8 Å². The van der Waals surface area contributed by atoms with Crippen LogP contribution in [0.4, 0.5) is 11.4 Å². The first-order chi connectivity index (χ1) is 12.5. The fourth-order valence-electron chi connectivity index (χ4n) is 3.44. The Kier molecular flexibility index (Phi) is 5.94. The number of hydrogen-bond acceptors (Lipinski definition) is 2. The third kappa shape index (κ3) is 4.64. The van der Waals surface area contributed by atoms with Crippen LogP contribution in [0.1, 0.15) is 60.9 Å². The van der Waals surface area contributed by atoms with Gasteiger partial charge in [-0.25, -0.2) is 0 Å². The number of rotatable bonds is 4. The van der Waals surface area contributed by atoms with Crippen molar-refractivity contribution in [3.8, 4) is 0 Å². The molecule has 26 heavy (non-hydrogen) atoms. The molecule has 1 aliphatic rings. The summed E-state index contributed by atoms with van der Waals surface area (Å²) < 4.78 is 0. The molecule has 0 spiro atoms. The van der Waals surface area contributed by atoms with Crippen LogP contribution in [0.25, 0.3) is 0 Å². The molecule has 0 radical (unpaired) electrons. The number of halogens is 1. The van der Waals surface area contributed by atoms with Gasteiger partial charge in [-0.1, -0.05) is 43.0 Å². The van der Waals surface area contributed by atoms with Gasteiger partial charge in [0.25, 0.3) is 5.91 Å². The lowest BCUT2D eigenvalue weighted by Crippen LogP contribution is -2.13. The van der Waals surface area contributed by atoms with E-state index >= 15 is 0 Å². The standard InChI is InChI=1S/C21H23ClN2O2/c1-14(25)23-18-11-12-19(22)20(13-18)24-21(26)17-9-7-16(8-10-17)15-5-3-2-4-6-15/h7-13,15H,2-6H2,1H3,(H,23,25)(H,24,26). The molecular formula is C21H23ClN2O2. The monoisotopic (exact) mass is 370 g/mol. The summed E-state index contributed by atoms with van der Waals surface area (Å²) >= 11 is 6.16. The number of anilines is 2. The van der Waals surface area contributed by atoms with Crippen LogP contribution < -0.4 is 10.6 Å². The molecular weight excluding hydrogens is 348 g/mol. The molecule has 2 N–H and O–H groups in total. The Labute approximate surface area is 158 Å². The van der Waals surface area contributed by atoms with Crippen LogP contribution in [-0.2, 0) is 4.79 Å². The van der Waals surface area contributed by atoms with Crippen molar-refractivity contribution in [3.05, 3.63) is 58.6 Å². The Morgan fingerprint density at radius 2 is 1.65 bits per heavy atom. The second-order valence-corrected chi connectivity index (χ2v) is 7.19. The molecule has 1 aliphatic carbocycles. The van der Waals surface area contributed by atoms with Gasteiger partial charge in [-0.2, -0.15) is 0 Å². The maximum absolute atomic E-state index is 12.5. The van der Waals surface area contributed by atoms with Crippen molar-refractivity contribution in [1.29, 1.82) is 0 Å². The SMILES string of the molecule is CC(=O)Nc1ccc(Cl)c(NC(=O)c2ccc(C3CCCCC3)cc2)c1. The molecule has 0 atom stereocenters. The molecule has 4 nitrogen and oxygen atoms in total. The molecule has 2 aromatic carbocycles. The van der Waals surface area contributed by atoms with Gasteiger partial charge in [0, 0.05) is 18.2 Å². The van der Waals surface area contributed by atoms with Gasteiger partial charge in [0.2, 0.25) is 5.91 Å². The molecule has 3 rings (SSSR count). The third-order valence-corrected chi connectivity index (χ3v) is 5.11. The summed E-state index contributed by atoms with van der Waals surface area (Å²) in [4.78, 5) is 23.7. The molecule has 0 unspecified atom stereocenters. The highest BCUT2D eigenvalue weighted by Crippen LogP contribution is 2.32. The predicted octanol–water partition coefficient (Wildman–Crippen LogP) is 5.60. The molecule has 0 heterocycles. The molecule has 0 saturated heterocycles. The average molecular weight is 371 g/mol. The van der Waals surface area contributed by atoms with E-state index in [2.05, 4.69) is 22.8 Å². The van der Waals surface area contributed by atoms with Crippen LogP contribution in [0.3, 0.4) is 0 Å². The van der Waals surface area contributed by atoms with Crippen molar-refractivity contribution in [3.63, 3.8) is 0 Å². The van der Waals surface area contributed by atoms with E-state index in [1.807, 2.05) is 12.1 Å². The largest absolute Gasteiger partial charge is 0.326 e. The Hall–Kier alpha value is -2.33. The lowest BCUT2D eigenvalue weighted by Gasteiger charge is -2.22. The van der Waals surface area contributed by atoms with Gasteiger partial charge in [-0.05, 0) is 54.7 Å². The average Bonchev–Trinajstić information content (AvgIpc) is 2.65. The van der Waals surface area contributed by atoms with Crippen molar-refractivity contribution in [2.75, 3.05) is 10.6 Å². The van der Waals surface area contributed by atoms with E-state index in [-0.39, 0.29) is 11.8 Å². The zero-order valence-electron chi connectivity index (χ0n) is 14.8. The van der Waals surface area contributed by atoms with Crippen LogP contribution in [0.5, 0.6) is 0 Å². The number of carbonyl (C=O) groups excluding carboxylic acids is 2. The normalized spacial score (nSPS) is 14.7. The minimum absolute atomic E-state index is 0.178. The van der Waals surface area contributed by atoms with Gasteiger partial charge in [0.1, 0.15) is 0 Å². The van der Waals surface area contributed by atoms with E-state index < -0.39 is 0 Å². The topological polar surface area (TPSA) is 58.2 Å². The first-order valence-electron chi connectivity index (χ1n) is 9.01. The van der Waals surface area contributed by atoms with E-state index in [1.54, 1.807) is 18.2 Å². The molecule has 1 fully saturated rings. The molecule has 0 aromatic heterocycles. The molecule has 136 valence electrons. The summed E-state index contributed by atoms with van der Waals surface area (Å²) in [6, 6.07) is 12.8. The van der Waals surface area contributed by atoms with Crippen molar-refractivity contribution in [2.24, 2.45) is 0 Å². The van der Waals surface area contributed by atoms with E-state index in [4.69, 9.17) is 11.6 Å². The maximum Gasteiger partial charge on any atom is 0.255 e. The first kappa shape index (κ1) is 18.5. The second kappa shape index (κ2) is 8.37. The van der Waals surface area contributed by atoms with Gasteiger partial charge < -0.3 is 10.6 Å². The summed E-state index contributed by atoms with van der Waals surface area (Å²) in [5, 5.41) is 5.92. The second-order valence-electron chi connectivity index (χ2n) is 6.79. The number of hydrogen-bond donors (Lipinski definition) is 2. The van der Waals surface area contributed by atoms with Crippen LogP contribution >= 0.6 is 11.6 Å². The smallest absolute Gasteiger partial charge is 0.255 e. The lowest BCUT2D eigenvalue weighted by molar-refractivity contribution is -0.114. The predicted molar refractivity (Wildman–Crippen MR) is 106 cm³/mol. The molecule has 0 bridgehead atoms. The number of amides is 2. The molecule has 2 aromatic rings. The van der Waals surface area contributed by atoms with Crippen LogP contribution in [0.15, 0.2) is 42.5 Å². The van der Waals surface area contributed by atoms with Crippen molar-refractivity contribution in [1.82, 2.24) is 0 Å². The third-order valence-electron chi connectivity index (χ3n) is 4.78. The molecule has 0 aliphatic heterocycles. The summed E-state index contributed by atoms with van der Waals surface area (Å²) in [7, 11) is 0. The van der Waals surface area contributed by atoms with Gasteiger partial charge in [-0.15, -0.1) is 0 Å².